The minimum absolute atomic E-state index is 0.173. The molecule has 2 aromatic rings. The van der Waals surface area contributed by atoms with Gasteiger partial charge in [0.1, 0.15) is 5.69 Å². The predicted molar refractivity (Wildman–Crippen MR) is 62.7 cm³/mol. The first-order valence-electron chi connectivity index (χ1n) is 5.07. The quantitative estimate of drug-likeness (QED) is 0.659. The lowest BCUT2D eigenvalue weighted by Crippen LogP contribution is -2.10. The van der Waals surface area contributed by atoms with E-state index in [1.165, 1.54) is 11.8 Å². The van der Waals surface area contributed by atoms with E-state index in [0.717, 1.165) is 17.3 Å². The molecule has 8 heteroatoms. The van der Waals surface area contributed by atoms with E-state index in [0.29, 0.717) is 5.75 Å². The fourth-order valence-corrected chi connectivity index (χ4v) is 2.21. The minimum Gasteiger partial charge on any atom is -0.301 e. The Kier molecular flexibility index (Phi) is 3.75. The van der Waals surface area contributed by atoms with Crippen LogP contribution in [0.1, 0.15) is 23.4 Å². The monoisotopic (exact) mass is 272 g/mol. The van der Waals surface area contributed by atoms with E-state index in [9.17, 15) is 13.6 Å². The first kappa shape index (κ1) is 12.7. The van der Waals surface area contributed by atoms with Gasteiger partial charge in [0.2, 0.25) is 0 Å². The van der Waals surface area contributed by atoms with E-state index in [4.69, 9.17) is 0 Å². The van der Waals surface area contributed by atoms with Gasteiger partial charge in [-0.15, -0.1) is 0 Å². The second-order valence-corrected chi connectivity index (χ2v) is 4.56. The highest BCUT2D eigenvalue weighted by atomic mass is 32.2. The van der Waals surface area contributed by atoms with Gasteiger partial charge in [0.25, 0.3) is 12.0 Å². The van der Waals surface area contributed by atoms with Crippen LogP contribution in [0, 0.1) is 6.92 Å². The van der Waals surface area contributed by atoms with E-state index < -0.39 is 17.7 Å². The van der Waals surface area contributed by atoms with Crippen LogP contribution in [0.3, 0.4) is 0 Å². The SMILES string of the molecule is Cc1cn[nH]c1CSc1nc(C(F)F)cc(=O)[nH]1. The summed E-state index contributed by atoms with van der Waals surface area (Å²) in [5.41, 5.74) is 0.742. The smallest absolute Gasteiger partial charge is 0.280 e. The molecule has 0 bridgehead atoms. The van der Waals surface area contributed by atoms with Crippen molar-refractivity contribution in [3.05, 3.63) is 39.6 Å². The summed E-state index contributed by atoms with van der Waals surface area (Å²) in [7, 11) is 0. The summed E-state index contributed by atoms with van der Waals surface area (Å²) >= 11 is 1.17. The Hall–Kier alpha value is -1.70. The third-order valence-electron chi connectivity index (χ3n) is 2.25. The molecule has 2 aromatic heterocycles. The average molecular weight is 272 g/mol. The van der Waals surface area contributed by atoms with Crippen LogP contribution in [0.2, 0.25) is 0 Å². The van der Waals surface area contributed by atoms with Gasteiger partial charge in [-0.3, -0.25) is 9.89 Å². The molecule has 0 saturated heterocycles. The van der Waals surface area contributed by atoms with Crippen LogP contribution >= 0.6 is 11.8 Å². The molecule has 0 unspecified atom stereocenters. The number of alkyl halides is 2. The van der Waals surface area contributed by atoms with E-state index in [-0.39, 0.29) is 5.16 Å². The number of aromatic nitrogens is 4. The second-order valence-electron chi connectivity index (χ2n) is 3.60. The zero-order valence-corrected chi connectivity index (χ0v) is 10.2. The van der Waals surface area contributed by atoms with Crippen molar-refractivity contribution in [3.63, 3.8) is 0 Å². The summed E-state index contributed by atoms with van der Waals surface area (Å²) in [5.74, 6) is 0.474. The Bertz CT molecular complexity index is 596. The van der Waals surface area contributed by atoms with Crippen LogP contribution < -0.4 is 5.56 Å². The molecule has 0 fully saturated rings. The van der Waals surface area contributed by atoms with Crippen LogP contribution in [0.25, 0.3) is 0 Å². The Morgan fingerprint density at radius 1 is 1.50 bits per heavy atom. The van der Waals surface area contributed by atoms with Crippen molar-refractivity contribution in [3.8, 4) is 0 Å². The summed E-state index contributed by atoms with van der Waals surface area (Å²) < 4.78 is 24.9. The number of hydrogen-bond donors (Lipinski definition) is 2. The number of aryl methyl sites for hydroxylation is 1. The molecule has 2 N–H and O–H groups in total. The minimum atomic E-state index is -2.75. The van der Waals surface area contributed by atoms with Gasteiger partial charge in [-0.2, -0.15) is 5.10 Å². The molecule has 0 radical (unpaired) electrons. The topological polar surface area (TPSA) is 74.4 Å². The number of halogens is 2. The van der Waals surface area contributed by atoms with E-state index in [2.05, 4.69) is 20.2 Å². The molecule has 2 rings (SSSR count). The van der Waals surface area contributed by atoms with Gasteiger partial charge in [-0.05, 0) is 12.5 Å². The third kappa shape index (κ3) is 2.95. The molecule has 18 heavy (non-hydrogen) atoms. The zero-order chi connectivity index (χ0) is 13.1. The number of rotatable bonds is 4. The zero-order valence-electron chi connectivity index (χ0n) is 9.41. The lowest BCUT2D eigenvalue weighted by Gasteiger charge is -2.03. The van der Waals surface area contributed by atoms with E-state index >= 15 is 0 Å². The predicted octanol–water partition coefficient (Wildman–Crippen LogP) is 2.03. The van der Waals surface area contributed by atoms with Gasteiger partial charge in [0.05, 0.1) is 6.20 Å². The molecule has 5 nitrogen and oxygen atoms in total. The van der Waals surface area contributed by atoms with Gasteiger partial charge in [-0.25, -0.2) is 13.8 Å². The van der Waals surface area contributed by atoms with Crippen molar-refractivity contribution in [2.75, 3.05) is 0 Å². The molecule has 0 aromatic carbocycles. The average Bonchev–Trinajstić information content (AvgIpc) is 2.71. The molecule has 0 amide bonds. The lowest BCUT2D eigenvalue weighted by atomic mass is 10.3. The van der Waals surface area contributed by atoms with Gasteiger partial charge in [-0.1, -0.05) is 11.8 Å². The van der Waals surface area contributed by atoms with Crippen molar-refractivity contribution in [1.29, 1.82) is 0 Å². The van der Waals surface area contributed by atoms with E-state index in [1.54, 1.807) is 6.20 Å². The maximum Gasteiger partial charge on any atom is 0.280 e. The molecule has 0 aliphatic heterocycles. The molecule has 96 valence electrons. The fraction of sp³-hybridized carbons (Fsp3) is 0.300. The molecular formula is C10H10F2N4OS. The van der Waals surface area contributed by atoms with Gasteiger partial charge in [0.15, 0.2) is 5.16 Å². The van der Waals surface area contributed by atoms with Crippen molar-refractivity contribution < 1.29 is 8.78 Å². The van der Waals surface area contributed by atoms with Gasteiger partial charge in [0, 0.05) is 17.5 Å². The normalized spacial score (nSPS) is 11.1. The molecule has 0 aliphatic carbocycles. The third-order valence-corrected chi connectivity index (χ3v) is 3.15. The molecule has 2 heterocycles. The molecule has 0 aliphatic rings. The Morgan fingerprint density at radius 2 is 2.28 bits per heavy atom. The summed E-state index contributed by atoms with van der Waals surface area (Å²) in [4.78, 5) is 17.3. The fourth-order valence-electron chi connectivity index (χ4n) is 1.29. The van der Waals surface area contributed by atoms with Crippen LogP contribution in [0.5, 0.6) is 0 Å². The summed E-state index contributed by atoms with van der Waals surface area (Å²) in [6.45, 7) is 1.88. The Morgan fingerprint density at radius 3 is 2.89 bits per heavy atom. The Labute approximate surface area is 105 Å². The molecule has 0 atom stereocenters. The number of H-pyrrole nitrogens is 2. The standard InChI is InChI=1S/C10H10F2N4OS/c1-5-3-13-16-7(5)4-18-10-14-6(9(11)12)2-8(17)15-10/h2-3,9H,4H2,1H3,(H,13,16)(H,14,15,17). The number of nitrogens with one attached hydrogen (secondary N) is 2. The van der Waals surface area contributed by atoms with E-state index in [1.807, 2.05) is 6.92 Å². The Balaban J connectivity index is 2.14. The van der Waals surface area contributed by atoms with Crippen molar-refractivity contribution in [2.45, 2.75) is 24.3 Å². The largest absolute Gasteiger partial charge is 0.301 e. The molecule has 0 spiro atoms. The van der Waals surface area contributed by atoms with Crippen LogP contribution in [-0.2, 0) is 5.75 Å². The second kappa shape index (κ2) is 5.30. The number of nitrogens with zero attached hydrogens (tertiary/aromatic N) is 2. The van der Waals surface area contributed by atoms with Crippen LogP contribution in [-0.4, -0.2) is 20.2 Å². The van der Waals surface area contributed by atoms with Crippen molar-refractivity contribution in [2.24, 2.45) is 0 Å². The van der Waals surface area contributed by atoms with Crippen molar-refractivity contribution >= 4 is 11.8 Å². The van der Waals surface area contributed by atoms with Gasteiger partial charge < -0.3 is 4.98 Å². The molecular weight excluding hydrogens is 262 g/mol. The maximum absolute atomic E-state index is 12.5. The number of thioether (sulfide) groups is 1. The summed E-state index contributed by atoms with van der Waals surface area (Å²) in [6, 6.07) is 0.802. The van der Waals surface area contributed by atoms with Gasteiger partial charge >= 0.3 is 0 Å². The molecule has 0 saturated carbocycles. The van der Waals surface area contributed by atoms with Crippen LogP contribution in [0.4, 0.5) is 8.78 Å². The summed E-state index contributed by atoms with van der Waals surface area (Å²) in [6.07, 6.45) is -1.08. The highest BCUT2D eigenvalue weighted by Crippen LogP contribution is 2.21. The first-order valence-corrected chi connectivity index (χ1v) is 6.06. The highest BCUT2D eigenvalue weighted by molar-refractivity contribution is 7.98. The number of hydrogen-bond acceptors (Lipinski definition) is 4. The number of aromatic amines is 2. The van der Waals surface area contributed by atoms with Crippen molar-refractivity contribution in [1.82, 2.24) is 20.2 Å². The first-order chi connectivity index (χ1) is 8.56. The summed E-state index contributed by atoms with van der Waals surface area (Å²) in [5, 5.41) is 6.81. The maximum atomic E-state index is 12.5. The highest BCUT2D eigenvalue weighted by Gasteiger charge is 2.12. The van der Waals surface area contributed by atoms with Crippen LogP contribution in [0.15, 0.2) is 22.2 Å². The lowest BCUT2D eigenvalue weighted by molar-refractivity contribution is 0.145.